The van der Waals surface area contributed by atoms with Gasteiger partial charge in [0.05, 0.1) is 0 Å². The summed E-state index contributed by atoms with van der Waals surface area (Å²) in [4.78, 5) is 21.9. The largest absolute Gasteiger partial charge is 0.384 e. The molecule has 0 rings (SSSR count). The van der Waals surface area contributed by atoms with E-state index in [1.54, 1.807) is 0 Å². The third-order valence-electron chi connectivity index (χ3n) is 0.876. The van der Waals surface area contributed by atoms with Crippen molar-refractivity contribution in [2.75, 3.05) is 0 Å². The van der Waals surface area contributed by atoms with Crippen LogP contribution in [-0.2, 0) is 14.3 Å². The van der Waals surface area contributed by atoms with E-state index in [2.05, 4.69) is 4.74 Å². The molecule has 0 N–H and O–H groups in total. The van der Waals surface area contributed by atoms with Crippen molar-refractivity contribution < 1.29 is 14.3 Å². The lowest BCUT2D eigenvalue weighted by Crippen LogP contribution is -2.12. The summed E-state index contributed by atoms with van der Waals surface area (Å²) < 4.78 is 3.00. The minimum atomic E-state index is -1.27. The van der Waals surface area contributed by atoms with Crippen LogP contribution in [0.5, 0.6) is 0 Å². The Labute approximate surface area is 114 Å². The molecule has 0 aliphatic rings. The van der Waals surface area contributed by atoms with E-state index in [9.17, 15) is 9.59 Å². The topological polar surface area (TPSA) is 43.4 Å². The van der Waals surface area contributed by atoms with Crippen LogP contribution in [0.25, 0.3) is 0 Å². The first-order valence-corrected chi connectivity index (χ1v) is 5.22. The molecule has 0 bridgehead atoms. The van der Waals surface area contributed by atoms with E-state index in [0.29, 0.717) is 0 Å². The van der Waals surface area contributed by atoms with Crippen molar-refractivity contribution in [1.29, 1.82) is 0 Å². The predicted octanol–water partition coefficient (Wildman–Crippen LogP) is 3.83. The maximum atomic E-state index is 11.0. The standard InChI is InChI=1S/C6Cl6O3/c7-1(3(9)10)5(13)15-6(14)2(8)4(11)12. The average Bonchev–Trinajstić information content (AvgIpc) is 2.14. The molecule has 0 aliphatic carbocycles. The van der Waals surface area contributed by atoms with Gasteiger partial charge in [-0.15, -0.1) is 0 Å². The molecule has 3 nitrogen and oxygen atoms in total. The molecule has 0 aromatic heterocycles. The van der Waals surface area contributed by atoms with Crippen molar-refractivity contribution in [3.8, 4) is 0 Å². The fourth-order valence-corrected chi connectivity index (χ4v) is 0.714. The Balaban J connectivity index is 4.67. The second-order valence-corrected chi connectivity index (χ2v) is 4.48. The minimum Gasteiger partial charge on any atom is -0.384 e. The number of carbonyl (C=O) groups is 2. The zero-order valence-corrected chi connectivity index (χ0v) is 11.0. The Morgan fingerprint density at radius 3 is 1.13 bits per heavy atom. The zero-order valence-electron chi connectivity index (χ0n) is 6.49. The highest BCUT2D eigenvalue weighted by Gasteiger charge is 2.20. The Kier molecular flexibility index (Phi) is 7.00. The van der Waals surface area contributed by atoms with Gasteiger partial charge in [0.1, 0.15) is 8.98 Å². The highest BCUT2D eigenvalue weighted by atomic mass is 35.5. The lowest BCUT2D eigenvalue weighted by molar-refractivity contribution is -0.153. The van der Waals surface area contributed by atoms with Gasteiger partial charge in [-0.3, -0.25) is 0 Å². The molecule has 0 aromatic rings. The highest BCUT2D eigenvalue weighted by molar-refractivity contribution is 6.63. The molecule has 0 amide bonds. The average molecular weight is 333 g/mol. The van der Waals surface area contributed by atoms with Crippen molar-refractivity contribution in [2.45, 2.75) is 0 Å². The maximum absolute atomic E-state index is 11.0. The number of halogens is 6. The number of hydrogen-bond donors (Lipinski definition) is 0. The summed E-state index contributed by atoms with van der Waals surface area (Å²) in [6.07, 6.45) is 0. The van der Waals surface area contributed by atoms with Crippen LogP contribution in [0.3, 0.4) is 0 Å². The van der Waals surface area contributed by atoms with Crippen LogP contribution < -0.4 is 0 Å². The van der Waals surface area contributed by atoms with Crippen molar-refractivity contribution in [1.82, 2.24) is 0 Å². The molecule has 84 valence electrons. The first-order valence-electron chi connectivity index (χ1n) is 2.95. The van der Waals surface area contributed by atoms with Gasteiger partial charge in [0.2, 0.25) is 0 Å². The molecule has 0 aromatic carbocycles. The van der Waals surface area contributed by atoms with Gasteiger partial charge < -0.3 is 4.74 Å². The third kappa shape index (κ3) is 5.29. The normalized spacial score (nSPS) is 9.20. The van der Waals surface area contributed by atoms with Crippen molar-refractivity contribution in [3.05, 3.63) is 19.0 Å². The van der Waals surface area contributed by atoms with Crippen LogP contribution in [-0.4, -0.2) is 11.9 Å². The number of esters is 2. The van der Waals surface area contributed by atoms with Crippen molar-refractivity contribution in [3.63, 3.8) is 0 Å². The van der Waals surface area contributed by atoms with Crippen molar-refractivity contribution in [2.24, 2.45) is 0 Å². The Hall–Kier alpha value is 0.360. The Morgan fingerprint density at radius 2 is 0.933 bits per heavy atom. The van der Waals surface area contributed by atoms with Gasteiger partial charge in [-0.25, -0.2) is 9.59 Å². The van der Waals surface area contributed by atoms with Crippen LogP contribution in [0.4, 0.5) is 0 Å². The molecule has 15 heavy (non-hydrogen) atoms. The summed E-state index contributed by atoms with van der Waals surface area (Å²) in [5.74, 6) is -2.54. The van der Waals surface area contributed by atoms with Gasteiger partial charge in [-0.05, 0) is 0 Å². The van der Waals surface area contributed by atoms with Crippen LogP contribution in [0.1, 0.15) is 0 Å². The molecule has 0 saturated carbocycles. The summed E-state index contributed by atoms with van der Waals surface area (Å²) in [6.45, 7) is 0. The van der Waals surface area contributed by atoms with Gasteiger partial charge >= 0.3 is 11.9 Å². The summed E-state index contributed by atoms with van der Waals surface area (Å²) in [5, 5.41) is -1.33. The Morgan fingerprint density at radius 1 is 0.667 bits per heavy atom. The molecule has 9 heteroatoms. The van der Waals surface area contributed by atoms with E-state index >= 15 is 0 Å². The minimum absolute atomic E-state index is 0.550. The van der Waals surface area contributed by atoms with E-state index in [4.69, 9.17) is 69.6 Å². The SMILES string of the molecule is O=C(OC(=O)C(Cl)=C(Cl)Cl)C(Cl)=C(Cl)Cl. The second-order valence-electron chi connectivity index (χ2n) is 1.83. The van der Waals surface area contributed by atoms with Crippen LogP contribution in [0, 0.1) is 0 Å². The maximum Gasteiger partial charge on any atom is 0.360 e. The molecular formula is C6Cl6O3. The first-order chi connectivity index (χ1) is 6.77. The molecular weight excluding hydrogens is 333 g/mol. The third-order valence-corrected chi connectivity index (χ3v) is 2.71. The summed E-state index contributed by atoms with van der Waals surface area (Å²) in [6, 6.07) is 0. The number of rotatable bonds is 2. The van der Waals surface area contributed by atoms with Crippen LogP contribution in [0.15, 0.2) is 19.0 Å². The van der Waals surface area contributed by atoms with E-state index in [0.717, 1.165) is 0 Å². The van der Waals surface area contributed by atoms with E-state index in [-0.39, 0.29) is 0 Å². The Bertz CT molecular complexity index is 316. The predicted molar refractivity (Wildman–Crippen MR) is 60.3 cm³/mol. The smallest absolute Gasteiger partial charge is 0.360 e. The van der Waals surface area contributed by atoms with Gasteiger partial charge in [0.25, 0.3) is 0 Å². The molecule has 0 aliphatic heterocycles. The van der Waals surface area contributed by atoms with Gasteiger partial charge in [-0.1, -0.05) is 69.6 Å². The fraction of sp³-hybridized carbons (Fsp3) is 0. The molecule has 0 spiro atoms. The van der Waals surface area contributed by atoms with Gasteiger partial charge in [0.15, 0.2) is 10.1 Å². The number of ether oxygens (including phenoxy) is 1. The molecule has 0 saturated heterocycles. The van der Waals surface area contributed by atoms with Gasteiger partial charge in [-0.2, -0.15) is 0 Å². The first kappa shape index (κ1) is 15.4. The fourth-order valence-electron chi connectivity index (χ4n) is 0.328. The summed E-state index contributed by atoms with van der Waals surface area (Å²) >= 11 is 31.1. The van der Waals surface area contributed by atoms with Crippen LogP contribution in [0.2, 0.25) is 0 Å². The second kappa shape index (κ2) is 6.84. The lowest BCUT2D eigenvalue weighted by Gasteiger charge is -2.00. The monoisotopic (exact) mass is 330 g/mol. The number of hydrogen-bond acceptors (Lipinski definition) is 3. The zero-order chi connectivity index (χ0) is 12.2. The van der Waals surface area contributed by atoms with Crippen LogP contribution >= 0.6 is 69.6 Å². The number of carbonyl (C=O) groups excluding carboxylic acids is 2. The highest BCUT2D eigenvalue weighted by Crippen LogP contribution is 2.22. The summed E-state index contributed by atoms with van der Waals surface area (Å²) in [5.41, 5.74) is 0. The molecule has 0 heterocycles. The molecule has 0 fully saturated rings. The van der Waals surface area contributed by atoms with Crippen molar-refractivity contribution >= 4 is 81.5 Å². The van der Waals surface area contributed by atoms with Gasteiger partial charge in [0, 0.05) is 0 Å². The van der Waals surface area contributed by atoms with E-state index in [1.807, 2.05) is 0 Å². The van der Waals surface area contributed by atoms with E-state index < -0.39 is 31.0 Å². The van der Waals surface area contributed by atoms with E-state index in [1.165, 1.54) is 0 Å². The molecule has 0 unspecified atom stereocenters. The summed E-state index contributed by atoms with van der Waals surface area (Å²) in [7, 11) is 0. The molecule has 0 radical (unpaired) electrons. The quantitative estimate of drug-likeness (QED) is 0.438. The molecule has 0 atom stereocenters. The lowest BCUT2D eigenvalue weighted by atomic mass is 10.6.